The first-order valence-electron chi connectivity index (χ1n) is 14.0. The fraction of sp³-hybridized carbons (Fsp3) is 0.0526. The van der Waals surface area contributed by atoms with Gasteiger partial charge >= 0.3 is 0 Å². The summed E-state index contributed by atoms with van der Waals surface area (Å²) in [5, 5.41) is 0. The third kappa shape index (κ3) is 9.99. The molecule has 4 nitrogen and oxygen atoms in total. The number of nitrogens with two attached hydrogens (primary N) is 2. The Labute approximate surface area is 260 Å². The minimum absolute atomic E-state index is 0. The predicted molar refractivity (Wildman–Crippen MR) is 186 cm³/mol. The van der Waals surface area contributed by atoms with Crippen molar-refractivity contribution in [3.8, 4) is 0 Å². The average molecular weight is 583 g/mol. The third-order valence-electron chi connectivity index (χ3n) is 6.68. The van der Waals surface area contributed by atoms with Crippen molar-refractivity contribution in [1.82, 2.24) is 0 Å². The molecule has 5 aromatic rings. The number of halogens is 1. The molecule has 6 rings (SSSR count). The van der Waals surface area contributed by atoms with Crippen molar-refractivity contribution < 1.29 is 0 Å². The van der Waals surface area contributed by atoms with Gasteiger partial charge in [-0.3, -0.25) is 0 Å². The first-order chi connectivity index (χ1) is 20.6. The summed E-state index contributed by atoms with van der Waals surface area (Å²) in [6, 6.07) is 44.8. The first kappa shape index (κ1) is 30.8. The van der Waals surface area contributed by atoms with Crippen molar-refractivity contribution in [3.05, 3.63) is 180 Å². The van der Waals surface area contributed by atoms with Gasteiger partial charge in [0, 0.05) is 11.4 Å². The van der Waals surface area contributed by atoms with Crippen LogP contribution in [0.15, 0.2) is 168 Å². The van der Waals surface area contributed by atoms with Crippen LogP contribution in [0.4, 0.5) is 22.7 Å². The van der Waals surface area contributed by atoms with E-state index in [1.165, 1.54) is 22.3 Å². The van der Waals surface area contributed by atoms with Gasteiger partial charge in [0.15, 0.2) is 0 Å². The lowest BCUT2D eigenvalue weighted by atomic mass is 10.0. The number of allylic oxidation sites excluding steroid dienone is 4. The van der Waals surface area contributed by atoms with Gasteiger partial charge in [-0.1, -0.05) is 84.9 Å². The predicted octanol–water partition coefficient (Wildman–Crippen LogP) is 9.11. The number of hydrogen-bond acceptors (Lipinski definition) is 4. The van der Waals surface area contributed by atoms with Crippen molar-refractivity contribution in [2.45, 2.75) is 12.8 Å². The van der Waals surface area contributed by atoms with Gasteiger partial charge in [-0.15, -0.1) is 12.4 Å². The van der Waals surface area contributed by atoms with Crippen molar-refractivity contribution in [3.63, 3.8) is 0 Å². The summed E-state index contributed by atoms with van der Waals surface area (Å²) in [4.78, 5) is 9.28. The third-order valence-corrected chi connectivity index (χ3v) is 6.68. The Morgan fingerprint density at radius 3 is 1.07 bits per heavy atom. The second-order valence-corrected chi connectivity index (χ2v) is 10.1. The molecule has 0 unspecified atom stereocenters. The SMILES string of the molecule is Cl.Nc1ccc(Cc2ccccc2)cc1.Nc1ccc(N=C2C=CC(=Nc3ccc(Cc4ccccc4)cc3)C=C2)cc1. The van der Waals surface area contributed by atoms with E-state index < -0.39 is 0 Å². The van der Waals surface area contributed by atoms with Gasteiger partial charge < -0.3 is 11.5 Å². The zero-order valence-electron chi connectivity index (χ0n) is 23.9. The topological polar surface area (TPSA) is 76.8 Å². The Hall–Kier alpha value is -5.19. The molecule has 0 saturated heterocycles. The number of nitrogens with zero attached hydrogens (tertiary/aromatic N) is 2. The molecule has 1 aliphatic rings. The number of nitrogen functional groups attached to an aromatic ring is 2. The van der Waals surface area contributed by atoms with Crippen LogP contribution in [0.2, 0.25) is 0 Å². The average Bonchev–Trinajstić information content (AvgIpc) is 3.03. The molecule has 0 spiro atoms. The summed E-state index contributed by atoms with van der Waals surface area (Å²) in [5.74, 6) is 0. The van der Waals surface area contributed by atoms with Crippen LogP contribution in [0, 0.1) is 0 Å². The molecule has 0 heterocycles. The van der Waals surface area contributed by atoms with E-state index in [2.05, 4.69) is 89.9 Å². The van der Waals surface area contributed by atoms with E-state index in [-0.39, 0.29) is 12.4 Å². The van der Waals surface area contributed by atoms with E-state index >= 15 is 0 Å². The molecule has 0 aromatic heterocycles. The van der Waals surface area contributed by atoms with E-state index in [0.717, 1.165) is 47.0 Å². The highest BCUT2D eigenvalue weighted by atomic mass is 35.5. The highest BCUT2D eigenvalue weighted by Crippen LogP contribution is 2.19. The van der Waals surface area contributed by atoms with Gasteiger partial charge in [0.2, 0.25) is 0 Å². The maximum atomic E-state index is 5.71. The molecule has 0 aliphatic heterocycles. The molecule has 0 saturated carbocycles. The van der Waals surface area contributed by atoms with Crippen molar-refractivity contribution in [1.29, 1.82) is 0 Å². The Balaban J connectivity index is 0.000000238. The fourth-order valence-electron chi connectivity index (χ4n) is 4.44. The van der Waals surface area contributed by atoms with Crippen molar-refractivity contribution in [2.75, 3.05) is 11.5 Å². The summed E-state index contributed by atoms with van der Waals surface area (Å²) >= 11 is 0. The van der Waals surface area contributed by atoms with E-state index in [9.17, 15) is 0 Å². The molecule has 0 fully saturated rings. The van der Waals surface area contributed by atoms with Gasteiger partial charge in [0.25, 0.3) is 0 Å². The lowest BCUT2D eigenvalue weighted by molar-refractivity contribution is 1.19. The van der Waals surface area contributed by atoms with Gasteiger partial charge in [0.1, 0.15) is 0 Å². The molecule has 0 radical (unpaired) electrons. The van der Waals surface area contributed by atoms with E-state index in [1.807, 2.05) is 72.8 Å². The number of benzene rings is 5. The molecule has 214 valence electrons. The molecule has 5 heteroatoms. The second-order valence-electron chi connectivity index (χ2n) is 10.1. The van der Waals surface area contributed by atoms with Crippen LogP contribution in [0.5, 0.6) is 0 Å². The van der Waals surface area contributed by atoms with E-state index in [4.69, 9.17) is 16.5 Å². The molecule has 43 heavy (non-hydrogen) atoms. The number of rotatable bonds is 6. The van der Waals surface area contributed by atoms with Crippen LogP contribution < -0.4 is 11.5 Å². The molecular weight excluding hydrogens is 548 g/mol. The lowest BCUT2D eigenvalue weighted by Crippen LogP contribution is -1.99. The monoisotopic (exact) mass is 582 g/mol. The van der Waals surface area contributed by atoms with E-state index in [1.54, 1.807) is 0 Å². The van der Waals surface area contributed by atoms with Crippen LogP contribution >= 0.6 is 12.4 Å². The summed E-state index contributed by atoms with van der Waals surface area (Å²) in [7, 11) is 0. The van der Waals surface area contributed by atoms with Gasteiger partial charge in [0.05, 0.1) is 22.8 Å². The van der Waals surface area contributed by atoms with Gasteiger partial charge in [-0.05, 0) is 108 Å². The minimum Gasteiger partial charge on any atom is -0.399 e. The minimum atomic E-state index is 0. The van der Waals surface area contributed by atoms with Crippen LogP contribution in [0.3, 0.4) is 0 Å². The fourth-order valence-corrected chi connectivity index (χ4v) is 4.44. The Morgan fingerprint density at radius 1 is 0.372 bits per heavy atom. The summed E-state index contributed by atoms with van der Waals surface area (Å²) < 4.78 is 0. The Kier molecular flexibility index (Phi) is 11.2. The van der Waals surface area contributed by atoms with Crippen LogP contribution in [-0.2, 0) is 12.8 Å². The van der Waals surface area contributed by atoms with Crippen LogP contribution in [0.1, 0.15) is 22.3 Å². The Bertz CT molecular complexity index is 1670. The molecule has 5 aromatic carbocycles. The zero-order valence-corrected chi connectivity index (χ0v) is 24.7. The number of aliphatic imine (C=N–C) groups is 2. The quantitative estimate of drug-likeness (QED) is 0.155. The normalized spacial score (nSPS) is 11.6. The standard InChI is InChI=1S/C25H21N3.C13H13N.ClH/c26-21-8-12-23(13-9-21)28-25-16-14-24(15-17-25)27-22-10-6-20(7-11-22)18-19-4-2-1-3-5-19;14-13-8-6-12(7-9-13)10-11-4-2-1-3-5-11;/h1-17H,18,26H2;1-9H,10,14H2;1H. The summed E-state index contributed by atoms with van der Waals surface area (Å²) in [6.07, 6.45) is 9.81. The highest BCUT2D eigenvalue weighted by molar-refractivity contribution is 6.19. The molecular formula is C38H35ClN4. The van der Waals surface area contributed by atoms with Gasteiger partial charge in [-0.2, -0.15) is 0 Å². The van der Waals surface area contributed by atoms with Crippen LogP contribution in [-0.4, -0.2) is 11.4 Å². The number of hydrogen-bond donors (Lipinski definition) is 2. The zero-order chi connectivity index (χ0) is 29.0. The molecule has 4 N–H and O–H groups in total. The number of anilines is 2. The maximum absolute atomic E-state index is 5.71. The second kappa shape index (κ2) is 15.7. The summed E-state index contributed by atoms with van der Waals surface area (Å²) in [5.41, 5.74) is 21.7. The Morgan fingerprint density at radius 2 is 0.674 bits per heavy atom. The largest absolute Gasteiger partial charge is 0.399 e. The smallest absolute Gasteiger partial charge is 0.0638 e. The maximum Gasteiger partial charge on any atom is 0.0638 e. The van der Waals surface area contributed by atoms with Crippen molar-refractivity contribution in [2.24, 2.45) is 9.98 Å². The van der Waals surface area contributed by atoms with Gasteiger partial charge in [-0.25, -0.2) is 9.98 Å². The highest BCUT2D eigenvalue weighted by Gasteiger charge is 2.02. The first-order valence-corrected chi connectivity index (χ1v) is 14.0. The molecule has 0 amide bonds. The van der Waals surface area contributed by atoms with Crippen molar-refractivity contribution >= 4 is 46.6 Å². The molecule has 0 bridgehead atoms. The van der Waals surface area contributed by atoms with E-state index in [0.29, 0.717) is 0 Å². The molecule has 0 atom stereocenters. The molecule has 1 aliphatic carbocycles. The summed E-state index contributed by atoms with van der Waals surface area (Å²) in [6.45, 7) is 0. The van der Waals surface area contributed by atoms with Crippen LogP contribution in [0.25, 0.3) is 0 Å². The lowest BCUT2D eigenvalue weighted by Gasteiger charge is -2.05.